The summed E-state index contributed by atoms with van der Waals surface area (Å²) < 4.78 is 0. The molecule has 6 heteroatoms. The van der Waals surface area contributed by atoms with Gasteiger partial charge in [-0.2, -0.15) is 0 Å². The van der Waals surface area contributed by atoms with Crippen LogP contribution in [0.3, 0.4) is 0 Å². The van der Waals surface area contributed by atoms with E-state index in [4.69, 9.17) is 11.6 Å². The molecule has 1 aromatic rings. The van der Waals surface area contributed by atoms with Gasteiger partial charge in [0.15, 0.2) is 0 Å². The van der Waals surface area contributed by atoms with Crippen molar-refractivity contribution in [3.63, 3.8) is 0 Å². The van der Waals surface area contributed by atoms with E-state index in [-0.39, 0.29) is 23.2 Å². The van der Waals surface area contributed by atoms with E-state index in [9.17, 15) is 9.90 Å². The highest BCUT2D eigenvalue weighted by molar-refractivity contribution is 6.33. The predicted molar refractivity (Wildman–Crippen MR) is 67.4 cm³/mol. The Labute approximate surface area is 111 Å². The van der Waals surface area contributed by atoms with Crippen LogP contribution in [0.4, 0.5) is 0 Å². The van der Waals surface area contributed by atoms with Crippen molar-refractivity contribution in [1.29, 1.82) is 0 Å². The highest BCUT2D eigenvalue weighted by Crippen LogP contribution is 2.27. The fraction of sp³-hybridized carbons (Fsp3) is 0.583. The minimum absolute atomic E-state index is 0.145. The van der Waals surface area contributed by atoms with Crippen LogP contribution in [0.25, 0.3) is 0 Å². The number of aromatic nitrogens is 2. The van der Waals surface area contributed by atoms with Crippen LogP contribution in [0.5, 0.6) is 0 Å². The monoisotopic (exact) mass is 269 g/mol. The molecule has 1 heterocycles. The zero-order valence-corrected chi connectivity index (χ0v) is 10.8. The molecule has 1 aromatic heterocycles. The number of halogens is 1. The zero-order chi connectivity index (χ0) is 13.0. The molecule has 0 atom stereocenters. The largest absolute Gasteiger partial charge is 0.388 e. The van der Waals surface area contributed by atoms with Gasteiger partial charge in [-0.15, -0.1) is 0 Å². The van der Waals surface area contributed by atoms with Gasteiger partial charge in [0.05, 0.1) is 10.6 Å². The highest BCUT2D eigenvalue weighted by atomic mass is 35.5. The summed E-state index contributed by atoms with van der Waals surface area (Å²) in [7, 11) is 0. The number of nitrogens with zero attached hydrogens (tertiary/aromatic N) is 2. The van der Waals surface area contributed by atoms with E-state index in [1.165, 1.54) is 12.5 Å². The van der Waals surface area contributed by atoms with Crippen molar-refractivity contribution in [1.82, 2.24) is 15.3 Å². The maximum Gasteiger partial charge on any atom is 0.271 e. The summed E-state index contributed by atoms with van der Waals surface area (Å²) in [6.07, 6.45) is 7.25. The topological polar surface area (TPSA) is 75.1 Å². The molecule has 0 bridgehead atoms. The van der Waals surface area contributed by atoms with Crippen molar-refractivity contribution >= 4 is 17.5 Å². The lowest BCUT2D eigenvalue weighted by Crippen LogP contribution is -2.44. The molecule has 0 unspecified atom stereocenters. The Bertz CT molecular complexity index is 433. The van der Waals surface area contributed by atoms with Crippen molar-refractivity contribution in [2.45, 2.75) is 37.7 Å². The molecule has 18 heavy (non-hydrogen) atoms. The molecule has 0 radical (unpaired) electrons. The molecule has 98 valence electrons. The van der Waals surface area contributed by atoms with E-state index >= 15 is 0 Å². The molecular weight excluding hydrogens is 254 g/mol. The van der Waals surface area contributed by atoms with Gasteiger partial charge in [-0.25, -0.2) is 9.97 Å². The van der Waals surface area contributed by atoms with Gasteiger partial charge < -0.3 is 10.4 Å². The first-order valence-corrected chi connectivity index (χ1v) is 6.45. The first kappa shape index (κ1) is 13.2. The van der Waals surface area contributed by atoms with E-state index in [0.717, 1.165) is 32.1 Å². The van der Waals surface area contributed by atoms with Crippen LogP contribution in [0.15, 0.2) is 12.5 Å². The van der Waals surface area contributed by atoms with Crippen LogP contribution in [0.1, 0.15) is 42.6 Å². The molecule has 0 aliphatic heterocycles. The van der Waals surface area contributed by atoms with Gasteiger partial charge >= 0.3 is 0 Å². The minimum Gasteiger partial charge on any atom is -0.388 e. The van der Waals surface area contributed by atoms with Gasteiger partial charge in [-0.3, -0.25) is 4.79 Å². The minimum atomic E-state index is -0.784. The molecular formula is C12H16ClN3O2. The molecule has 1 fully saturated rings. The van der Waals surface area contributed by atoms with E-state index in [1.54, 1.807) is 0 Å². The van der Waals surface area contributed by atoms with Gasteiger partial charge in [-0.1, -0.05) is 30.9 Å². The van der Waals surface area contributed by atoms with Crippen LogP contribution < -0.4 is 5.32 Å². The van der Waals surface area contributed by atoms with E-state index in [2.05, 4.69) is 15.3 Å². The summed E-state index contributed by atoms with van der Waals surface area (Å²) in [6.45, 7) is 0.242. The van der Waals surface area contributed by atoms with Crippen LogP contribution in [-0.2, 0) is 0 Å². The van der Waals surface area contributed by atoms with Crippen LogP contribution in [0.2, 0.25) is 5.02 Å². The summed E-state index contributed by atoms with van der Waals surface area (Å²) in [5.41, 5.74) is -0.640. The third-order valence-electron chi connectivity index (χ3n) is 3.24. The van der Waals surface area contributed by atoms with Crippen LogP contribution in [-0.4, -0.2) is 33.1 Å². The van der Waals surface area contributed by atoms with Gasteiger partial charge in [0.2, 0.25) is 0 Å². The first-order valence-electron chi connectivity index (χ1n) is 6.07. The zero-order valence-electron chi connectivity index (χ0n) is 10.0. The summed E-state index contributed by atoms with van der Waals surface area (Å²) in [5.74, 6) is -0.374. The summed E-state index contributed by atoms with van der Waals surface area (Å²) in [4.78, 5) is 19.4. The van der Waals surface area contributed by atoms with E-state index < -0.39 is 5.60 Å². The Kier molecular flexibility index (Phi) is 4.14. The number of aliphatic hydroxyl groups is 1. The average Bonchev–Trinajstić information content (AvgIpc) is 2.38. The average molecular weight is 270 g/mol. The van der Waals surface area contributed by atoms with Crippen molar-refractivity contribution < 1.29 is 9.90 Å². The van der Waals surface area contributed by atoms with Crippen molar-refractivity contribution in [3.8, 4) is 0 Å². The Morgan fingerprint density at radius 1 is 1.44 bits per heavy atom. The fourth-order valence-corrected chi connectivity index (χ4v) is 2.39. The number of amides is 1. The Hall–Kier alpha value is -1.20. The molecule has 2 rings (SSSR count). The van der Waals surface area contributed by atoms with E-state index in [1.807, 2.05) is 0 Å². The summed E-state index contributed by atoms with van der Waals surface area (Å²) in [5, 5.41) is 13.2. The van der Waals surface area contributed by atoms with Crippen molar-refractivity contribution in [2.24, 2.45) is 0 Å². The maximum absolute atomic E-state index is 11.9. The Morgan fingerprint density at radius 2 is 2.17 bits per heavy atom. The molecule has 1 saturated carbocycles. The number of hydrogen-bond acceptors (Lipinski definition) is 4. The van der Waals surface area contributed by atoms with Crippen LogP contribution >= 0.6 is 11.6 Å². The number of carbonyl (C=O) groups excluding carboxylic acids is 1. The molecule has 0 aromatic carbocycles. The third kappa shape index (κ3) is 3.17. The SMILES string of the molecule is O=C(NCC1(O)CCCCC1)c1ncncc1Cl. The molecule has 1 amide bonds. The number of nitrogens with one attached hydrogen (secondary N) is 1. The van der Waals surface area contributed by atoms with Gasteiger partial charge in [-0.05, 0) is 12.8 Å². The Balaban J connectivity index is 1.94. The van der Waals surface area contributed by atoms with Gasteiger partial charge in [0.1, 0.15) is 12.0 Å². The molecule has 1 aliphatic carbocycles. The molecule has 2 N–H and O–H groups in total. The van der Waals surface area contributed by atoms with Crippen molar-refractivity contribution in [2.75, 3.05) is 6.54 Å². The maximum atomic E-state index is 11.9. The third-order valence-corrected chi connectivity index (χ3v) is 3.52. The molecule has 1 aliphatic rings. The van der Waals surface area contributed by atoms with Crippen LogP contribution in [0, 0.1) is 0 Å². The number of hydrogen-bond donors (Lipinski definition) is 2. The van der Waals surface area contributed by atoms with Gasteiger partial charge in [0, 0.05) is 12.7 Å². The summed E-state index contributed by atoms with van der Waals surface area (Å²) >= 11 is 5.83. The second-order valence-electron chi connectivity index (χ2n) is 4.69. The van der Waals surface area contributed by atoms with Crippen molar-refractivity contribution in [3.05, 3.63) is 23.2 Å². The lowest BCUT2D eigenvalue weighted by molar-refractivity contribution is 0.00521. The molecule has 0 saturated heterocycles. The molecule has 0 spiro atoms. The van der Waals surface area contributed by atoms with Gasteiger partial charge in [0.25, 0.3) is 5.91 Å². The Morgan fingerprint density at radius 3 is 2.83 bits per heavy atom. The normalized spacial score (nSPS) is 18.3. The highest BCUT2D eigenvalue weighted by Gasteiger charge is 2.29. The predicted octanol–water partition coefficient (Wildman–Crippen LogP) is 1.55. The second kappa shape index (κ2) is 5.63. The second-order valence-corrected chi connectivity index (χ2v) is 5.09. The molecule has 5 nitrogen and oxygen atoms in total. The first-order chi connectivity index (χ1) is 8.61. The summed E-state index contributed by atoms with van der Waals surface area (Å²) in [6, 6.07) is 0. The fourth-order valence-electron chi connectivity index (χ4n) is 2.19. The lowest BCUT2D eigenvalue weighted by atomic mass is 9.85. The quantitative estimate of drug-likeness (QED) is 0.873. The number of rotatable bonds is 3. The standard InChI is InChI=1S/C12H16ClN3O2/c13-9-6-14-8-16-10(9)11(17)15-7-12(18)4-2-1-3-5-12/h6,8,18H,1-5,7H2,(H,15,17). The number of carbonyl (C=O) groups is 1. The van der Waals surface area contributed by atoms with E-state index in [0.29, 0.717) is 0 Å². The lowest BCUT2D eigenvalue weighted by Gasteiger charge is -2.32. The smallest absolute Gasteiger partial charge is 0.271 e.